The topological polar surface area (TPSA) is 17.1 Å². The monoisotopic (exact) mass is 264 g/mol. The van der Waals surface area contributed by atoms with Gasteiger partial charge < -0.3 is 0 Å². The summed E-state index contributed by atoms with van der Waals surface area (Å²) in [6.07, 6.45) is 1.54. The largest absolute Gasteiger partial charge is 0.294 e. The fourth-order valence-corrected chi connectivity index (χ4v) is 2.91. The molecule has 0 amide bonds. The van der Waals surface area contributed by atoms with Crippen LogP contribution in [0.15, 0.2) is 42.5 Å². The summed E-state index contributed by atoms with van der Waals surface area (Å²) < 4.78 is 0. The SMILES string of the molecule is CC(C)(C)c1ccc(-c2cccc3c2CCC3=O)cc1. The Morgan fingerprint density at radius 3 is 2.15 bits per heavy atom. The zero-order valence-electron chi connectivity index (χ0n) is 12.4. The second-order valence-corrected chi connectivity index (χ2v) is 6.58. The second-order valence-electron chi connectivity index (χ2n) is 6.58. The van der Waals surface area contributed by atoms with E-state index >= 15 is 0 Å². The molecule has 0 atom stereocenters. The van der Waals surface area contributed by atoms with Gasteiger partial charge >= 0.3 is 0 Å². The van der Waals surface area contributed by atoms with Gasteiger partial charge in [-0.05, 0) is 34.1 Å². The lowest BCUT2D eigenvalue weighted by atomic mass is 9.86. The number of ketones is 1. The molecule has 0 saturated carbocycles. The molecule has 2 aromatic rings. The zero-order chi connectivity index (χ0) is 14.3. The van der Waals surface area contributed by atoms with Gasteiger partial charge in [-0.2, -0.15) is 0 Å². The van der Waals surface area contributed by atoms with Gasteiger partial charge in [0.05, 0.1) is 0 Å². The van der Waals surface area contributed by atoms with Crippen LogP contribution >= 0.6 is 0 Å². The molecule has 102 valence electrons. The maximum Gasteiger partial charge on any atom is 0.163 e. The summed E-state index contributed by atoms with van der Waals surface area (Å²) in [6.45, 7) is 6.67. The number of fused-ring (bicyclic) bond motifs is 1. The summed E-state index contributed by atoms with van der Waals surface area (Å²) in [4.78, 5) is 11.8. The molecule has 0 unspecified atom stereocenters. The van der Waals surface area contributed by atoms with Gasteiger partial charge in [0, 0.05) is 12.0 Å². The summed E-state index contributed by atoms with van der Waals surface area (Å²) in [7, 11) is 0. The molecule has 0 aliphatic heterocycles. The highest BCUT2D eigenvalue weighted by molar-refractivity contribution is 6.02. The predicted octanol–water partition coefficient (Wildman–Crippen LogP) is 4.78. The van der Waals surface area contributed by atoms with Gasteiger partial charge in [0.15, 0.2) is 5.78 Å². The van der Waals surface area contributed by atoms with Crippen LogP contribution in [0.5, 0.6) is 0 Å². The van der Waals surface area contributed by atoms with Gasteiger partial charge in [0.1, 0.15) is 0 Å². The fraction of sp³-hybridized carbons (Fsp3) is 0.316. The van der Waals surface area contributed by atoms with Crippen molar-refractivity contribution in [3.8, 4) is 11.1 Å². The first-order valence-corrected chi connectivity index (χ1v) is 7.23. The van der Waals surface area contributed by atoms with Crippen molar-refractivity contribution in [3.63, 3.8) is 0 Å². The minimum Gasteiger partial charge on any atom is -0.294 e. The Hall–Kier alpha value is -1.89. The molecular weight excluding hydrogens is 244 g/mol. The molecule has 20 heavy (non-hydrogen) atoms. The van der Waals surface area contributed by atoms with Crippen molar-refractivity contribution in [2.24, 2.45) is 0 Å². The Balaban J connectivity index is 2.05. The van der Waals surface area contributed by atoms with Gasteiger partial charge in [-0.15, -0.1) is 0 Å². The van der Waals surface area contributed by atoms with Gasteiger partial charge in [-0.1, -0.05) is 63.2 Å². The number of hydrogen-bond donors (Lipinski definition) is 0. The molecule has 1 nitrogen and oxygen atoms in total. The Labute approximate surface area is 120 Å². The lowest BCUT2D eigenvalue weighted by molar-refractivity contribution is 0.0994. The highest BCUT2D eigenvalue weighted by Gasteiger charge is 2.22. The van der Waals surface area contributed by atoms with Gasteiger partial charge in [-0.3, -0.25) is 4.79 Å². The van der Waals surface area contributed by atoms with Crippen molar-refractivity contribution >= 4 is 5.78 Å². The molecule has 0 spiro atoms. The van der Waals surface area contributed by atoms with Gasteiger partial charge in [0.25, 0.3) is 0 Å². The minimum absolute atomic E-state index is 0.174. The smallest absolute Gasteiger partial charge is 0.163 e. The lowest BCUT2D eigenvalue weighted by Gasteiger charge is -2.19. The molecule has 0 radical (unpaired) electrons. The first kappa shape index (κ1) is 13.1. The van der Waals surface area contributed by atoms with Crippen LogP contribution in [0.1, 0.15) is 48.7 Å². The van der Waals surface area contributed by atoms with E-state index in [9.17, 15) is 4.79 Å². The average Bonchev–Trinajstić information content (AvgIpc) is 2.80. The minimum atomic E-state index is 0.174. The first-order chi connectivity index (χ1) is 9.47. The maximum atomic E-state index is 11.8. The Bertz CT molecular complexity index is 657. The third-order valence-electron chi connectivity index (χ3n) is 4.14. The van der Waals surface area contributed by atoms with Crippen LogP contribution in [0.2, 0.25) is 0 Å². The molecule has 0 N–H and O–H groups in total. The third-order valence-corrected chi connectivity index (χ3v) is 4.14. The van der Waals surface area contributed by atoms with E-state index in [-0.39, 0.29) is 11.2 Å². The summed E-state index contributed by atoms with van der Waals surface area (Å²) in [5.74, 6) is 0.285. The maximum absolute atomic E-state index is 11.8. The molecule has 3 rings (SSSR count). The van der Waals surface area contributed by atoms with E-state index < -0.39 is 0 Å². The number of carbonyl (C=O) groups excluding carboxylic acids is 1. The van der Waals surface area contributed by atoms with Crippen LogP contribution in [0, 0.1) is 0 Å². The molecule has 0 bridgehead atoms. The lowest BCUT2D eigenvalue weighted by Crippen LogP contribution is -2.10. The van der Waals surface area contributed by atoms with E-state index in [2.05, 4.69) is 51.1 Å². The van der Waals surface area contributed by atoms with E-state index in [0.717, 1.165) is 12.0 Å². The van der Waals surface area contributed by atoms with E-state index in [1.54, 1.807) is 0 Å². The first-order valence-electron chi connectivity index (χ1n) is 7.23. The van der Waals surface area contributed by atoms with E-state index in [1.807, 2.05) is 12.1 Å². The molecule has 1 aliphatic rings. The second kappa shape index (κ2) is 4.59. The molecule has 1 aliphatic carbocycles. The van der Waals surface area contributed by atoms with Crippen molar-refractivity contribution in [3.05, 3.63) is 59.2 Å². The van der Waals surface area contributed by atoms with Crippen molar-refractivity contribution in [1.29, 1.82) is 0 Å². The van der Waals surface area contributed by atoms with E-state index in [4.69, 9.17) is 0 Å². The molecule has 0 aromatic heterocycles. The normalized spacial score (nSPS) is 14.4. The van der Waals surface area contributed by atoms with E-state index in [1.165, 1.54) is 22.3 Å². The number of benzene rings is 2. The van der Waals surface area contributed by atoms with Crippen LogP contribution < -0.4 is 0 Å². The van der Waals surface area contributed by atoms with Crippen LogP contribution in [-0.4, -0.2) is 5.78 Å². The average molecular weight is 264 g/mol. The molecule has 1 heteroatoms. The van der Waals surface area contributed by atoms with Crippen molar-refractivity contribution < 1.29 is 4.79 Å². The van der Waals surface area contributed by atoms with Crippen LogP contribution in [-0.2, 0) is 11.8 Å². The number of Topliss-reactive ketones (excluding diaryl/α,β-unsaturated/α-hetero) is 1. The van der Waals surface area contributed by atoms with Crippen LogP contribution in [0.3, 0.4) is 0 Å². The predicted molar refractivity (Wildman–Crippen MR) is 83.2 cm³/mol. The van der Waals surface area contributed by atoms with Crippen molar-refractivity contribution in [2.45, 2.75) is 39.0 Å². The standard InChI is InChI=1S/C19H20O/c1-19(2,3)14-9-7-13(8-10-14)15-5-4-6-17-16(15)11-12-18(17)20/h4-10H,11-12H2,1-3H3. The van der Waals surface area contributed by atoms with Crippen molar-refractivity contribution in [2.75, 3.05) is 0 Å². The van der Waals surface area contributed by atoms with Gasteiger partial charge in [0.2, 0.25) is 0 Å². The highest BCUT2D eigenvalue weighted by Crippen LogP contribution is 2.33. The molecular formula is C19H20O. The van der Waals surface area contributed by atoms with Crippen LogP contribution in [0.4, 0.5) is 0 Å². The van der Waals surface area contributed by atoms with Gasteiger partial charge in [-0.25, -0.2) is 0 Å². The summed E-state index contributed by atoms with van der Waals surface area (Å²) in [5, 5.41) is 0. The molecule has 2 aromatic carbocycles. The van der Waals surface area contributed by atoms with E-state index in [0.29, 0.717) is 6.42 Å². The molecule has 0 heterocycles. The Morgan fingerprint density at radius 1 is 0.850 bits per heavy atom. The number of hydrogen-bond acceptors (Lipinski definition) is 1. The zero-order valence-corrected chi connectivity index (χ0v) is 12.4. The number of carbonyl (C=O) groups is 1. The Kier molecular flexibility index (Phi) is 3.01. The third kappa shape index (κ3) is 2.18. The summed E-state index contributed by atoms with van der Waals surface area (Å²) in [5.41, 5.74) is 6.08. The highest BCUT2D eigenvalue weighted by atomic mass is 16.1. The fourth-order valence-electron chi connectivity index (χ4n) is 2.91. The quantitative estimate of drug-likeness (QED) is 0.724. The van der Waals surface area contributed by atoms with Crippen LogP contribution in [0.25, 0.3) is 11.1 Å². The summed E-state index contributed by atoms with van der Waals surface area (Å²) >= 11 is 0. The molecule has 0 fully saturated rings. The number of rotatable bonds is 1. The summed E-state index contributed by atoms with van der Waals surface area (Å²) in [6, 6.07) is 14.8. The molecule has 0 saturated heterocycles. The Morgan fingerprint density at radius 2 is 1.50 bits per heavy atom. The van der Waals surface area contributed by atoms with Crippen molar-refractivity contribution in [1.82, 2.24) is 0 Å².